The van der Waals surface area contributed by atoms with E-state index in [2.05, 4.69) is 26.2 Å². The molecule has 0 aliphatic heterocycles. The van der Waals surface area contributed by atoms with Crippen LogP contribution in [0.4, 0.5) is 10.1 Å². The predicted molar refractivity (Wildman–Crippen MR) is 73.2 cm³/mol. The van der Waals surface area contributed by atoms with Crippen molar-refractivity contribution in [2.45, 2.75) is 0 Å². The van der Waals surface area contributed by atoms with Gasteiger partial charge in [0.15, 0.2) is 0 Å². The van der Waals surface area contributed by atoms with Crippen molar-refractivity contribution in [3.05, 3.63) is 58.1 Å². The zero-order valence-electron chi connectivity index (χ0n) is 9.93. The summed E-state index contributed by atoms with van der Waals surface area (Å²) in [6.07, 6.45) is 1.49. The highest BCUT2D eigenvalue weighted by Gasteiger charge is 2.16. The summed E-state index contributed by atoms with van der Waals surface area (Å²) in [5.74, 6) is -2.49. The minimum atomic E-state index is -1.26. The van der Waals surface area contributed by atoms with E-state index >= 15 is 0 Å². The molecule has 2 rings (SSSR count). The lowest BCUT2D eigenvalue weighted by molar-refractivity contribution is 0.0698. The largest absolute Gasteiger partial charge is 0.478 e. The molecule has 1 heterocycles. The summed E-state index contributed by atoms with van der Waals surface area (Å²) in [7, 11) is 0. The maximum atomic E-state index is 13.2. The SMILES string of the molecule is O=C(O)c1ccc(F)cc1NC(=O)c1cccnc1Br. The average molecular weight is 339 g/mol. The van der Waals surface area contributed by atoms with Crippen molar-refractivity contribution >= 4 is 33.5 Å². The number of pyridine rings is 1. The molecule has 1 aromatic heterocycles. The fourth-order valence-corrected chi connectivity index (χ4v) is 1.98. The van der Waals surface area contributed by atoms with Crippen molar-refractivity contribution in [1.82, 2.24) is 4.98 Å². The Kier molecular flexibility index (Phi) is 4.09. The minimum Gasteiger partial charge on any atom is -0.478 e. The molecule has 20 heavy (non-hydrogen) atoms. The number of carboxylic acid groups (broad SMARTS) is 1. The first-order valence-electron chi connectivity index (χ1n) is 5.44. The van der Waals surface area contributed by atoms with Gasteiger partial charge in [0.2, 0.25) is 0 Å². The lowest BCUT2D eigenvalue weighted by Gasteiger charge is -2.09. The van der Waals surface area contributed by atoms with Crippen LogP contribution in [0.5, 0.6) is 0 Å². The van der Waals surface area contributed by atoms with Crippen LogP contribution in [0.2, 0.25) is 0 Å². The van der Waals surface area contributed by atoms with E-state index in [1.807, 2.05) is 0 Å². The van der Waals surface area contributed by atoms with Crippen LogP contribution < -0.4 is 5.32 Å². The lowest BCUT2D eigenvalue weighted by Crippen LogP contribution is -2.16. The van der Waals surface area contributed by atoms with Crippen LogP contribution in [0.1, 0.15) is 20.7 Å². The second-order valence-corrected chi connectivity index (χ2v) is 4.54. The molecule has 0 fully saturated rings. The molecule has 0 saturated heterocycles. The number of carboxylic acids is 1. The van der Waals surface area contributed by atoms with Crippen molar-refractivity contribution in [2.24, 2.45) is 0 Å². The van der Waals surface area contributed by atoms with E-state index in [4.69, 9.17) is 5.11 Å². The van der Waals surface area contributed by atoms with Gasteiger partial charge >= 0.3 is 5.97 Å². The van der Waals surface area contributed by atoms with Crippen LogP contribution in [0.25, 0.3) is 0 Å². The maximum Gasteiger partial charge on any atom is 0.337 e. The summed E-state index contributed by atoms with van der Waals surface area (Å²) in [5.41, 5.74) is -0.0916. The fraction of sp³-hybridized carbons (Fsp3) is 0. The Hall–Kier alpha value is -2.28. The van der Waals surface area contributed by atoms with E-state index in [1.165, 1.54) is 12.3 Å². The number of rotatable bonds is 3. The first kappa shape index (κ1) is 14.1. The smallest absolute Gasteiger partial charge is 0.337 e. The van der Waals surface area contributed by atoms with Gasteiger partial charge in [-0.3, -0.25) is 4.79 Å². The topological polar surface area (TPSA) is 79.3 Å². The quantitative estimate of drug-likeness (QED) is 0.843. The number of hydrogen-bond acceptors (Lipinski definition) is 3. The molecule has 102 valence electrons. The van der Waals surface area contributed by atoms with Gasteiger partial charge in [0.1, 0.15) is 10.4 Å². The molecule has 0 radical (unpaired) electrons. The van der Waals surface area contributed by atoms with Gasteiger partial charge in [-0.05, 0) is 46.3 Å². The minimum absolute atomic E-state index is 0.113. The highest BCUT2D eigenvalue weighted by atomic mass is 79.9. The second-order valence-electron chi connectivity index (χ2n) is 3.79. The van der Waals surface area contributed by atoms with Crippen LogP contribution in [-0.2, 0) is 0 Å². The Morgan fingerprint density at radius 2 is 2.00 bits per heavy atom. The molecule has 2 N–H and O–H groups in total. The molecule has 1 aromatic carbocycles. The first-order valence-corrected chi connectivity index (χ1v) is 6.23. The Balaban J connectivity index is 2.35. The molecule has 0 saturated carbocycles. The Morgan fingerprint density at radius 1 is 1.25 bits per heavy atom. The summed E-state index contributed by atoms with van der Waals surface area (Å²) in [6, 6.07) is 6.12. The predicted octanol–water partition coefficient (Wildman–Crippen LogP) is 2.93. The van der Waals surface area contributed by atoms with Gasteiger partial charge in [-0.15, -0.1) is 0 Å². The molecule has 1 amide bonds. The van der Waals surface area contributed by atoms with E-state index < -0.39 is 17.7 Å². The fourth-order valence-electron chi connectivity index (χ4n) is 1.55. The number of aromatic nitrogens is 1. The third-order valence-corrected chi connectivity index (χ3v) is 3.10. The van der Waals surface area contributed by atoms with Gasteiger partial charge < -0.3 is 10.4 Å². The summed E-state index contributed by atoms with van der Waals surface area (Å²) in [4.78, 5) is 26.9. The Labute approximate surface area is 121 Å². The second kappa shape index (κ2) is 5.79. The summed E-state index contributed by atoms with van der Waals surface area (Å²) < 4.78 is 13.5. The van der Waals surface area contributed by atoms with E-state index in [0.29, 0.717) is 4.60 Å². The summed E-state index contributed by atoms with van der Waals surface area (Å²) in [5, 5.41) is 11.4. The molecular weight excluding hydrogens is 331 g/mol. The molecule has 0 aliphatic rings. The molecule has 0 atom stereocenters. The van der Waals surface area contributed by atoms with Crippen molar-refractivity contribution in [2.75, 3.05) is 5.32 Å². The number of aromatic carboxylic acids is 1. The highest BCUT2D eigenvalue weighted by molar-refractivity contribution is 9.10. The van der Waals surface area contributed by atoms with E-state index in [1.54, 1.807) is 6.07 Å². The zero-order valence-corrected chi connectivity index (χ0v) is 11.5. The van der Waals surface area contributed by atoms with Gasteiger partial charge in [-0.2, -0.15) is 0 Å². The normalized spacial score (nSPS) is 10.1. The number of anilines is 1. The molecule has 5 nitrogen and oxygen atoms in total. The van der Waals surface area contributed by atoms with E-state index in [9.17, 15) is 14.0 Å². The van der Waals surface area contributed by atoms with E-state index in [-0.39, 0.29) is 16.8 Å². The van der Waals surface area contributed by atoms with Crippen LogP contribution in [0.3, 0.4) is 0 Å². The Morgan fingerprint density at radius 3 is 2.65 bits per heavy atom. The zero-order chi connectivity index (χ0) is 14.7. The number of carbonyl (C=O) groups is 2. The number of hydrogen-bond donors (Lipinski definition) is 2. The van der Waals surface area contributed by atoms with Gasteiger partial charge in [-0.1, -0.05) is 0 Å². The number of nitrogens with one attached hydrogen (secondary N) is 1. The molecule has 0 aliphatic carbocycles. The van der Waals surface area contributed by atoms with Gasteiger partial charge in [0, 0.05) is 6.20 Å². The molecular formula is C13H8BrFN2O3. The van der Waals surface area contributed by atoms with Crippen molar-refractivity contribution in [3.63, 3.8) is 0 Å². The van der Waals surface area contributed by atoms with Crippen LogP contribution >= 0.6 is 15.9 Å². The number of amides is 1. The standard InChI is InChI=1S/C13H8BrFN2O3/c14-11-9(2-1-5-16-11)12(18)17-10-6-7(15)3-4-8(10)13(19)20/h1-6H,(H,17,18)(H,19,20). The Bertz CT molecular complexity index is 691. The summed E-state index contributed by atoms with van der Waals surface area (Å²) in [6.45, 7) is 0. The van der Waals surface area contributed by atoms with Crippen molar-refractivity contribution < 1.29 is 19.1 Å². The van der Waals surface area contributed by atoms with Gasteiger partial charge in [0.05, 0.1) is 16.8 Å². The van der Waals surface area contributed by atoms with Crippen molar-refractivity contribution in [3.8, 4) is 0 Å². The van der Waals surface area contributed by atoms with Crippen LogP contribution in [-0.4, -0.2) is 22.0 Å². The average Bonchev–Trinajstić information content (AvgIpc) is 2.38. The lowest BCUT2D eigenvalue weighted by atomic mass is 10.1. The number of nitrogens with zero attached hydrogens (tertiary/aromatic N) is 1. The van der Waals surface area contributed by atoms with Gasteiger partial charge in [-0.25, -0.2) is 14.2 Å². The monoisotopic (exact) mass is 338 g/mol. The highest BCUT2D eigenvalue weighted by Crippen LogP contribution is 2.20. The first-order chi connectivity index (χ1) is 9.49. The number of carbonyl (C=O) groups excluding carboxylic acids is 1. The third-order valence-electron chi connectivity index (χ3n) is 2.46. The molecule has 0 bridgehead atoms. The number of halogens is 2. The number of benzene rings is 1. The molecule has 7 heteroatoms. The third kappa shape index (κ3) is 3.00. The van der Waals surface area contributed by atoms with Crippen LogP contribution in [0.15, 0.2) is 41.1 Å². The molecule has 2 aromatic rings. The van der Waals surface area contributed by atoms with E-state index in [0.717, 1.165) is 18.2 Å². The summed E-state index contributed by atoms with van der Waals surface area (Å²) >= 11 is 3.11. The van der Waals surface area contributed by atoms with Crippen LogP contribution in [0, 0.1) is 5.82 Å². The maximum absolute atomic E-state index is 13.2. The molecule has 0 spiro atoms. The van der Waals surface area contributed by atoms with Gasteiger partial charge in [0.25, 0.3) is 5.91 Å². The van der Waals surface area contributed by atoms with Crippen molar-refractivity contribution in [1.29, 1.82) is 0 Å². The molecule has 0 unspecified atom stereocenters.